The number of hydrogen-bond acceptors (Lipinski definition) is 5. The van der Waals surface area contributed by atoms with E-state index in [4.69, 9.17) is 4.74 Å². The summed E-state index contributed by atoms with van der Waals surface area (Å²) in [5.41, 5.74) is 1.39. The minimum atomic E-state index is -3.80. The molecule has 3 rings (SSSR count). The number of aryl methyl sites for hydroxylation is 1. The van der Waals surface area contributed by atoms with Crippen molar-refractivity contribution >= 4 is 31.4 Å². The maximum absolute atomic E-state index is 12.7. The molecule has 2 aromatic carbocycles. The number of sulfonamides is 2. The minimum Gasteiger partial charge on any atom is -0.497 e. The lowest BCUT2D eigenvalue weighted by molar-refractivity contribution is 0.415. The SMILES string of the molecule is COc1ccc(NS(=O)(=O)c2ccc(N3CCCCS3(=O)=O)cc2C)cc1. The van der Waals surface area contributed by atoms with Crippen LogP contribution in [0.1, 0.15) is 18.4 Å². The van der Waals surface area contributed by atoms with Crippen molar-refractivity contribution in [2.75, 3.05) is 28.4 Å². The number of benzene rings is 2. The first-order valence-electron chi connectivity index (χ1n) is 8.51. The molecule has 0 aromatic heterocycles. The second-order valence-corrected chi connectivity index (χ2v) is 10.0. The molecule has 27 heavy (non-hydrogen) atoms. The highest BCUT2D eigenvalue weighted by molar-refractivity contribution is 7.93. The average molecular weight is 411 g/mol. The van der Waals surface area contributed by atoms with Gasteiger partial charge in [0.2, 0.25) is 10.0 Å². The normalized spacial score (nSPS) is 16.7. The van der Waals surface area contributed by atoms with E-state index in [0.29, 0.717) is 35.7 Å². The fourth-order valence-electron chi connectivity index (χ4n) is 3.04. The molecule has 1 aliphatic rings. The van der Waals surface area contributed by atoms with Crippen LogP contribution in [0.25, 0.3) is 0 Å². The quantitative estimate of drug-likeness (QED) is 0.818. The molecular formula is C18H22N2O5S2. The van der Waals surface area contributed by atoms with Crippen LogP contribution in [-0.4, -0.2) is 36.2 Å². The van der Waals surface area contributed by atoms with Crippen LogP contribution in [0.3, 0.4) is 0 Å². The number of methoxy groups -OCH3 is 1. The second-order valence-electron chi connectivity index (χ2n) is 6.38. The van der Waals surface area contributed by atoms with Crippen molar-refractivity contribution in [2.45, 2.75) is 24.7 Å². The Bertz CT molecular complexity index is 1030. The van der Waals surface area contributed by atoms with E-state index in [2.05, 4.69) is 4.72 Å². The first-order valence-corrected chi connectivity index (χ1v) is 11.6. The predicted octanol–water partition coefficient (Wildman–Crippen LogP) is 2.73. The molecule has 1 fully saturated rings. The highest BCUT2D eigenvalue weighted by atomic mass is 32.2. The Morgan fingerprint density at radius 3 is 2.37 bits per heavy atom. The van der Waals surface area contributed by atoms with E-state index < -0.39 is 20.0 Å². The second kappa shape index (κ2) is 7.40. The molecule has 146 valence electrons. The van der Waals surface area contributed by atoms with E-state index in [0.717, 1.165) is 6.42 Å². The van der Waals surface area contributed by atoms with Gasteiger partial charge >= 0.3 is 0 Å². The van der Waals surface area contributed by atoms with Crippen molar-refractivity contribution in [2.24, 2.45) is 0 Å². The zero-order chi connectivity index (χ0) is 19.7. The van der Waals surface area contributed by atoms with Crippen LogP contribution in [0.15, 0.2) is 47.4 Å². The topological polar surface area (TPSA) is 92.8 Å². The van der Waals surface area contributed by atoms with E-state index in [-0.39, 0.29) is 10.6 Å². The van der Waals surface area contributed by atoms with Crippen molar-refractivity contribution in [1.29, 1.82) is 0 Å². The van der Waals surface area contributed by atoms with Gasteiger partial charge in [-0.05, 0) is 67.8 Å². The first-order chi connectivity index (χ1) is 12.7. The van der Waals surface area contributed by atoms with E-state index in [1.54, 1.807) is 43.3 Å². The lowest BCUT2D eigenvalue weighted by atomic mass is 10.2. The number of nitrogens with one attached hydrogen (secondary N) is 1. The molecule has 1 N–H and O–H groups in total. The summed E-state index contributed by atoms with van der Waals surface area (Å²) >= 11 is 0. The van der Waals surface area contributed by atoms with Gasteiger partial charge in [-0.25, -0.2) is 16.8 Å². The van der Waals surface area contributed by atoms with Gasteiger partial charge in [0.15, 0.2) is 0 Å². The summed E-state index contributed by atoms with van der Waals surface area (Å²) in [6, 6.07) is 11.1. The summed E-state index contributed by atoms with van der Waals surface area (Å²) in [4.78, 5) is 0.108. The summed E-state index contributed by atoms with van der Waals surface area (Å²) in [5, 5.41) is 0. The molecule has 0 amide bonds. The molecule has 7 nitrogen and oxygen atoms in total. The van der Waals surface area contributed by atoms with Crippen LogP contribution < -0.4 is 13.8 Å². The lowest BCUT2D eigenvalue weighted by Crippen LogP contribution is -2.37. The van der Waals surface area contributed by atoms with Crippen LogP contribution in [0.5, 0.6) is 5.75 Å². The number of hydrogen-bond donors (Lipinski definition) is 1. The molecule has 1 aliphatic heterocycles. The zero-order valence-electron chi connectivity index (χ0n) is 15.2. The van der Waals surface area contributed by atoms with Gasteiger partial charge in [0.05, 0.1) is 23.4 Å². The van der Waals surface area contributed by atoms with Gasteiger partial charge in [0, 0.05) is 12.2 Å². The first kappa shape index (κ1) is 19.5. The van der Waals surface area contributed by atoms with Gasteiger partial charge in [0.1, 0.15) is 5.75 Å². The van der Waals surface area contributed by atoms with Crippen molar-refractivity contribution < 1.29 is 21.6 Å². The van der Waals surface area contributed by atoms with Crippen LogP contribution in [-0.2, 0) is 20.0 Å². The fourth-order valence-corrected chi connectivity index (χ4v) is 5.96. The summed E-state index contributed by atoms with van der Waals surface area (Å²) < 4.78 is 58.9. The standard InChI is InChI=1S/C18H22N2O5S2/c1-14-13-16(20-11-3-4-12-26(20,21)22)7-10-18(14)27(23,24)19-15-5-8-17(25-2)9-6-15/h5-10,13,19H,3-4,11-12H2,1-2H3. The maximum atomic E-state index is 12.7. The maximum Gasteiger partial charge on any atom is 0.262 e. The van der Waals surface area contributed by atoms with Crippen molar-refractivity contribution in [3.8, 4) is 5.75 Å². The van der Waals surface area contributed by atoms with Gasteiger partial charge in [-0.3, -0.25) is 9.03 Å². The molecule has 0 aliphatic carbocycles. The average Bonchev–Trinajstić information content (AvgIpc) is 2.61. The third kappa shape index (κ3) is 4.19. The molecule has 1 saturated heterocycles. The van der Waals surface area contributed by atoms with E-state index in [9.17, 15) is 16.8 Å². The monoisotopic (exact) mass is 410 g/mol. The fraction of sp³-hybridized carbons (Fsp3) is 0.333. The van der Waals surface area contributed by atoms with Gasteiger partial charge in [-0.1, -0.05) is 0 Å². The molecule has 9 heteroatoms. The van der Waals surface area contributed by atoms with Crippen molar-refractivity contribution in [3.05, 3.63) is 48.0 Å². The molecule has 0 unspecified atom stereocenters. The third-order valence-electron chi connectivity index (χ3n) is 4.43. The predicted molar refractivity (Wildman–Crippen MR) is 105 cm³/mol. The summed E-state index contributed by atoms with van der Waals surface area (Å²) in [6.45, 7) is 2.07. The van der Waals surface area contributed by atoms with Crippen LogP contribution in [0.4, 0.5) is 11.4 Å². The van der Waals surface area contributed by atoms with Crippen molar-refractivity contribution in [3.63, 3.8) is 0 Å². The van der Waals surface area contributed by atoms with E-state index in [1.165, 1.54) is 17.5 Å². The Morgan fingerprint density at radius 2 is 1.78 bits per heavy atom. The van der Waals surface area contributed by atoms with Gasteiger partial charge < -0.3 is 4.74 Å². The van der Waals surface area contributed by atoms with Crippen LogP contribution >= 0.6 is 0 Å². The summed E-state index contributed by atoms with van der Waals surface area (Å²) in [7, 11) is -5.60. The Balaban J connectivity index is 1.87. The Labute approximate surface area is 160 Å². The Kier molecular flexibility index (Phi) is 5.34. The van der Waals surface area contributed by atoms with Gasteiger partial charge in [0.25, 0.3) is 10.0 Å². The number of anilines is 2. The molecule has 1 heterocycles. The van der Waals surface area contributed by atoms with Crippen LogP contribution in [0, 0.1) is 6.92 Å². The molecule has 0 radical (unpaired) electrons. The molecule has 0 atom stereocenters. The number of ether oxygens (including phenoxy) is 1. The largest absolute Gasteiger partial charge is 0.497 e. The third-order valence-corrected chi connectivity index (χ3v) is 7.84. The Hall–Kier alpha value is -2.26. The van der Waals surface area contributed by atoms with Crippen LogP contribution in [0.2, 0.25) is 0 Å². The highest BCUT2D eigenvalue weighted by Gasteiger charge is 2.27. The number of rotatable bonds is 5. The van der Waals surface area contributed by atoms with Gasteiger partial charge in [-0.15, -0.1) is 0 Å². The highest BCUT2D eigenvalue weighted by Crippen LogP contribution is 2.28. The smallest absolute Gasteiger partial charge is 0.262 e. The zero-order valence-corrected chi connectivity index (χ0v) is 16.8. The summed E-state index contributed by atoms with van der Waals surface area (Å²) in [6.07, 6.45) is 1.44. The Morgan fingerprint density at radius 1 is 1.07 bits per heavy atom. The number of nitrogens with zero attached hydrogens (tertiary/aromatic N) is 1. The molecule has 0 spiro atoms. The van der Waals surface area contributed by atoms with E-state index in [1.807, 2.05) is 0 Å². The lowest BCUT2D eigenvalue weighted by Gasteiger charge is -2.28. The van der Waals surface area contributed by atoms with Gasteiger partial charge in [-0.2, -0.15) is 0 Å². The van der Waals surface area contributed by atoms with E-state index >= 15 is 0 Å². The molecular weight excluding hydrogens is 388 g/mol. The molecule has 0 bridgehead atoms. The minimum absolute atomic E-state index is 0.108. The summed E-state index contributed by atoms with van der Waals surface area (Å²) in [5.74, 6) is 0.742. The molecule has 2 aromatic rings. The molecule has 0 saturated carbocycles. The van der Waals surface area contributed by atoms with Crippen molar-refractivity contribution in [1.82, 2.24) is 0 Å².